The van der Waals surface area contributed by atoms with E-state index >= 15 is 0 Å². The van der Waals surface area contributed by atoms with Crippen LogP contribution in [0.15, 0.2) is 71.5 Å². The lowest BCUT2D eigenvalue weighted by molar-refractivity contribution is 0.0734. The topological polar surface area (TPSA) is 64.4 Å². The second kappa shape index (κ2) is 7.96. The molecule has 0 spiro atoms. The summed E-state index contributed by atoms with van der Waals surface area (Å²) in [5.74, 6) is 1.38. The molecule has 3 aromatic carbocycles. The van der Waals surface area contributed by atoms with Gasteiger partial charge in [0, 0.05) is 18.7 Å². The Morgan fingerprint density at radius 1 is 1.00 bits per heavy atom. The van der Waals surface area contributed by atoms with Crippen molar-refractivity contribution < 1.29 is 9.53 Å². The van der Waals surface area contributed by atoms with Crippen molar-refractivity contribution in [3.05, 3.63) is 99.6 Å². The van der Waals surface area contributed by atoms with E-state index in [1.165, 1.54) is 5.56 Å². The van der Waals surface area contributed by atoms with Crippen LogP contribution in [0.25, 0.3) is 16.6 Å². The fourth-order valence-corrected chi connectivity index (χ4v) is 4.32. The smallest absolute Gasteiger partial charge is 0.265 e. The Morgan fingerprint density at radius 2 is 1.78 bits per heavy atom. The maximum atomic E-state index is 13.1. The number of carbonyl (C=O) groups is 1. The minimum absolute atomic E-state index is 0.0225. The van der Waals surface area contributed by atoms with Gasteiger partial charge in [-0.15, -0.1) is 0 Å². The van der Waals surface area contributed by atoms with E-state index in [0.29, 0.717) is 41.1 Å². The summed E-state index contributed by atoms with van der Waals surface area (Å²) >= 11 is 0. The van der Waals surface area contributed by atoms with Crippen molar-refractivity contribution in [1.82, 2.24) is 14.5 Å². The van der Waals surface area contributed by atoms with Crippen LogP contribution in [0, 0.1) is 6.92 Å². The summed E-state index contributed by atoms with van der Waals surface area (Å²) in [6.07, 6.45) is 0.820. The zero-order valence-electron chi connectivity index (χ0n) is 18.0. The van der Waals surface area contributed by atoms with Crippen LogP contribution >= 0.6 is 0 Å². The normalized spacial score (nSPS) is 13.1. The van der Waals surface area contributed by atoms with Crippen LogP contribution in [0.3, 0.4) is 0 Å². The Morgan fingerprint density at radius 3 is 2.56 bits per heavy atom. The summed E-state index contributed by atoms with van der Waals surface area (Å²) in [6, 6.07) is 20.5. The Bertz CT molecular complexity index is 1390. The number of nitrogens with zero attached hydrogens (tertiary/aromatic N) is 3. The number of aryl methyl sites for hydroxylation is 1. The Balaban J connectivity index is 1.42. The van der Waals surface area contributed by atoms with Crippen molar-refractivity contribution in [3.8, 4) is 11.4 Å². The lowest BCUT2D eigenvalue weighted by Crippen LogP contribution is -2.36. The average Bonchev–Trinajstić information content (AvgIpc) is 2.83. The molecule has 6 heteroatoms. The van der Waals surface area contributed by atoms with E-state index in [2.05, 4.69) is 11.1 Å². The van der Waals surface area contributed by atoms with Crippen molar-refractivity contribution >= 4 is 16.8 Å². The lowest BCUT2D eigenvalue weighted by Gasteiger charge is -2.29. The van der Waals surface area contributed by atoms with Gasteiger partial charge in [0.25, 0.3) is 11.5 Å². The zero-order chi connectivity index (χ0) is 22.2. The average molecular weight is 425 g/mol. The number of amides is 1. The quantitative estimate of drug-likeness (QED) is 0.499. The number of benzene rings is 3. The first-order valence-electron chi connectivity index (χ1n) is 10.6. The molecule has 0 bridgehead atoms. The van der Waals surface area contributed by atoms with Crippen molar-refractivity contribution in [1.29, 1.82) is 0 Å². The third-order valence-corrected chi connectivity index (χ3v) is 6.03. The van der Waals surface area contributed by atoms with Gasteiger partial charge in [-0.1, -0.05) is 18.2 Å². The predicted molar refractivity (Wildman–Crippen MR) is 124 cm³/mol. The van der Waals surface area contributed by atoms with Gasteiger partial charge in [-0.05, 0) is 73.0 Å². The van der Waals surface area contributed by atoms with Crippen LogP contribution in [0.4, 0.5) is 0 Å². The SMILES string of the molecule is COc1ccc2c(c1)CN(C(=O)c1ccc(-n3c(C)nc4ccccc4c3=O)cc1)CC2. The fraction of sp³-hybridized carbons (Fsp3) is 0.192. The molecule has 0 saturated heterocycles. The van der Waals surface area contributed by atoms with Gasteiger partial charge >= 0.3 is 0 Å². The molecule has 1 amide bonds. The van der Waals surface area contributed by atoms with E-state index in [1.54, 1.807) is 42.0 Å². The van der Waals surface area contributed by atoms with Gasteiger partial charge in [0.2, 0.25) is 0 Å². The fourth-order valence-electron chi connectivity index (χ4n) is 4.32. The molecule has 0 aliphatic carbocycles. The third kappa shape index (κ3) is 3.43. The standard InChI is InChI=1S/C26H23N3O3/c1-17-27-24-6-4-3-5-23(24)26(31)29(17)21-10-7-19(8-11-21)25(30)28-14-13-18-9-12-22(32-2)15-20(18)16-28/h3-12,15H,13-14,16H2,1-2H3. The number of ether oxygens (including phenoxy) is 1. The molecular formula is C26H23N3O3. The first kappa shape index (κ1) is 20.0. The molecule has 1 aliphatic rings. The number of fused-ring (bicyclic) bond motifs is 2. The van der Waals surface area contributed by atoms with Crippen molar-refractivity contribution in [2.24, 2.45) is 0 Å². The minimum Gasteiger partial charge on any atom is -0.497 e. The monoisotopic (exact) mass is 425 g/mol. The molecule has 1 aliphatic heterocycles. The van der Waals surface area contributed by atoms with Gasteiger partial charge in [0.1, 0.15) is 11.6 Å². The van der Waals surface area contributed by atoms with E-state index in [-0.39, 0.29) is 11.5 Å². The number of methoxy groups -OCH3 is 1. The van der Waals surface area contributed by atoms with Gasteiger partial charge < -0.3 is 9.64 Å². The van der Waals surface area contributed by atoms with Gasteiger partial charge in [-0.2, -0.15) is 0 Å². The Labute approximate surface area is 185 Å². The predicted octanol–water partition coefficient (Wildman–Crippen LogP) is 3.90. The lowest BCUT2D eigenvalue weighted by atomic mass is 9.98. The number of hydrogen-bond acceptors (Lipinski definition) is 4. The maximum Gasteiger partial charge on any atom is 0.265 e. The molecule has 0 N–H and O–H groups in total. The Kier molecular flexibility index (Phi) is 4.98. The van der Waals surface area contributed by atoms with E-state index in [4.69, 9.17) is 4.74 Å². The van der Waals surface area contributed by atoms with Crippen molar-refractivity contribution in [3.63, 3.8) is 0 Å². The summed E-state index contributed by atoms with van der Waals surface area (Å²) in [4.78, 5) is 32.6. The van der Waals surface area contributed by atoms with E-state index in [0.717, 1.165) is 17.7 Å². The summed E-state index contributed by atoms with van der Waals surface area (Å²) in [5.41, 5.74) is 4.22. The van der Waals surface area contributed by atoms with Crippen molar-refractivity contribution in [2.45, 2.75) is 19.9 Å². The van der Waals surface area contributed by atoms with Crippen molar-refractivity contribution in [2.75, 3.05) is 13.7 Å². The first-order chi connectivity index (χ1) is 15.5. The number of carbonyl (C=O) groups excluding carboxylic acids is 1. The highest BCUT2D eigenvalue weighted by Crippen LogP contribution is 2.25. The Hall–Kier alpha value is -3.93. The van der Waals surface area contributed by atoms with Gasteiger partial charge in [-0.25, -0.2) is 4.98 Å². The molecule has 0 unspecified atom stereocenters. The minimum atomic E-state index is -0.117. The summed E-state index contributed by atoms with van der Waals surface area (Å²) in [5, 5.41) is 0.570. The number of aromatic nitrogens is 2. The molecule has 4 aromatic rings. The summed E-state index contributed by atoms with van der Waals surface area (Å²) < 4.78 is 6.91. The molecule has 2 heterocycles. The third-order valence-electron chi connectivity index (χ3n) is 6.03. The molecule has 32 heavy (non-hydrogen) atoms. The number of rotatable bonds is 3. The molecule has 0 atom stereocenters. The second-order valence-corrected chi connectivity index (χ2v) is 7.97. The highest BCUT2D eigenvalue weighted by Gasteiger charge is 2.22. The van der Waals surface area contributed by atoms with E-state index < -0.39 is 0 Å². The van der Waals surface area contributed by atoms with Crippen LogP contribution in [-0.2, 0) is 13.0 Å². The van der Waals surface area contributed by atoms with Crippen LogP contribution in [0.5, 0.6) is 5.75 Å². The van der Waals surface area contributed by atoms with Crippen LogP contribution in [-0.4, -0.2) is 34.0 Å². The summed E-state index contributed by atoms with van der Waals surface area (Å²) in [6.45, 7) is 3.04. The largest absolute Gasteiger partial charge is 0.497 e. The first-order valence-corrected chi connectivity index (χ1v) is 10.6. The summed E-state index contributed by atoms with van der Waals surface area (Å²) in [7, 11) is 1.65. The van der Waals surface area contributed by atoms with Gasteiger partial charge in [-0.3, -0.25) is 14.2 Å². The van der Waals surface area contributed by atoms with Crippen LogP contribution in [0.2, 0.25) is 0 Å². The van der Waals surface area contributed by atoms with Gasteiger partial charge in [0.05, 0.1) is 23.7 Å². The molecule has 0 fully saturated rings. The van der Waals surface area contributed by atoms with Crippen LogP contribution < -0.4 is 10.3 Å². The molecule has 0 saturated carbocycles. The molecular weight excluding hydrogens is 402 g/mol. The molecule has 0 radical (unpaired) electrons. The molecule has 1 aromatic heterocycles. The van der Waals surface area contributed by atoms with Crippen LogP contribution in [0.1, 0.15) is 27.3 Å². The molecule has 160 valence electrons. The second-order valence-electron chi connectivity index (χ2n) is 7.97. The number of para-hydroxylation sites is 1. The zero-order valence-corrected chi connectivity index (χ0v) is 18.0. The molecule has 6 nitrogen and oxygen atoms in total. The maximum absolute atomic E-state index is 13.1. The number of hydrogen-bond donors (Lipinski definition) is 0. The highest BCUT2D eigenvalue weighted by molar-refractivity contribution is 5.94. The van der Waals surface area contributed by atoms with E-state index in [1.807, 2.05) is 42.2 Å². The van der Waals surface area contributed by atoms with E-state index in [9.17, 15) is 9.59 Å². The highest BCUT2D eigenvalue weighted by atomic mass is 16.5. The van der Waals surface area contributed by atoms with Gasteiger partial charge in [0.15, 0.2) is 0 Å². The molecule has 5 rings (SSSR count).